The Morgan fingerprint density at radius 2 is 2.50 bits per heavy atom. The minimum absolute atomic E-state index is 0.739. The van der Waals surface area contributed by atoms with Gasteiger partial charge in [-0.1, -0.05) is 23.8 Å². The van der Waals surface area contributed by atoms with Gasteiger partial charge in [-0.3, -0.25) is 0 Å². The summed E-state index contributed by atoms with van der Waals surface area (Å²) in [5.74, 6) is 3.41. The van der Waals surface area contributed by atoms with Crippen molar-refractivity contribution in [3.63, 3.8) is 0 Å². The molecular formula is C12H16. The lowest BCUT2D eigenvalue weighted by molar-refractivity contribution is 0.579. The summed E-state index contributed by atoms with van der Waals surface area (Å²) in [6.45, 7) is 2.12. The van der Waals surface area contributed by atoms with E-state index in [1.807, 2.05) is 0 Å². The minimum Gasteiger partial charge on any atom is -0.120 e. The molecular weight excluding hydrogens is 144 g/mol. The van der Waals surface area contributed by atoms with E-state index in [9.17, 15) is 0 Å². The van der Waals surface area contributed by atoms with Gasteiger partial charge in [0.2, 0.25) is 0 Å². The van der Waals surface area contributed by atoms with Crippen LogP contribution in [0.1, 0.15) is 32.6 Å². The molecule has 0 aliphatic heterocycles. The van der Waals surface area contributed by atoms with Gasteiger partial charge in [0.1, 0.15) is 0 Å². The Morgan fingerprint density at radius 1 is 1.67 bits per heavy atom. The third-order valence-corrected chi connectivity index (χ3v) is 2.21. The van der Waals surface area contributed by atoms with E-state index in [1.165, 1.54) is 24.8 Å². The first-order valence-corrected chi connectivity index (χ1v) is 4.58. The lowest BCUT2D eigenvalue weighted by atomic mass is 9.92. The largest absolute Gasteiger partial charge is 0.120 e. The van der Waals surface area contributed by atoms with E-state index in [2.05, 4.69) is 31.1 Å². The van der Waals surface area contributed by atoms with E-state index >= 15 is 0 Å². The predicted molar refractivity (Wildman–Crippen MR) is 53.7 cm³/mol. The normalized spacial score (nSPS) is 23.7. The van der Waals surface area contributed by atoms with Gasteiger partial charge >= 0.3 is 0 Å². The Morgan fingerprint density at radius 3 is 3.08 bits per heavy atom. The topological polar surface area (TPSA) is 0 Å². The molecule has 0 saturated heterocycles. The molecule has 0 amide bonds. The van der Waals surface area contributed by atoms with E-state index in [0.717, 1.165) is 12.3 Å². The second-order valence-electron chi connectivity index (χ2n) is 3.44. The fourth-order valence-electron chi connectivity index (χ4n) is 1.59. The smallest absolute Gasteiger partial charge is 0.0293 e. The SMILES string of the molecule is C#CCC(C)=CC1CC=CCC1. The summed E-state index contributed by atoms with van der Waals surface area (Å²) in [7, 11) is 0. The number of allylic oxidation sites excluding steroid dienone is 4. The standard InChI is InChI=1S/C12H16/c1-3-7-11(2)10-12-8-5-4-6-9-12/h1,4-5,10,12H,6-9H2,2H3. The molecule has 0 heteroatoms. The van der Waals surface area contributed by atoms with E-state index in [0.29, 0.717) is 0 Å². The second-order valence-corrected chi connectivity index (χ2v) is 3.44. The fourth-order valence-corrected chi connectivity index (χ4v) is 1.59. The maximum atomic E-state index is 5.23. The van der Waals surface area contributed by atoms with Crippen molar-refractivity contribution < 1.29 is 0 Å². The van der Waals surface area contributed by atoms with Crippen LogP contribution in [0.4, 0.5) is 0 Å². The zero-order valence-electron chi connectivity index (χ0n) is 7.72. The lowest BCUT2D eigenvalue weighted by Crippen LogP contribution is -1.99. The van der Waals surface area contributed by atoms with Gasteiger partial charge in [-0.25, -0.2) is 0 Å². The van der Waals surface area contributed by atoms with E-state index in [1.54, 1.807) is 0 Å². The van der Waals surface area contributed by atoms with E-state index in [-0.39, 0.29) is 0 Å². The van der Waals surface area contributed by atoms with Crippen molar-refractivity contribution in [3.05, 3.63) is 23.8 Å². The molecule has 1 rings (SSSR count). The second kappa shape index (κ2) is 4.83. The Kier molecular flexibility index (Phi) is 3.67. The highest BCUT2D eigenvalue weighted by Gasteiger charge is 2.05. The lowest BCUT2D eigenvalue weighted by Gasteiger charge is -2.13. The van der Waals surface area contributed by atoms with Crippen LogP contribution >= 0.6 is 0 Å². The van der Waals surface area contributed by atoms with Crippen LogP contribution in [-0.2, 0) is 0 Å². The summed E-state index contributed by atoms with van der Waals surface area (Å²) in [6.07, 6.45) is 16.6. The van der Waals surface area contributed by atoms with Crippen LogP contribution < -0.4 is 0 Å². The van der Waals surface area contributed by atoms with Crippen molar-refractivity contribution in [2.75, 3.05) is 0 Å². The molecule has 0 saturated carbocycles. The monoisotopic (exact) mass is 160 g/mol. The molecule has 0 bridgehead atoms. The average Bonchev–Trinajstić information content (AvgIpc) is 2.06. The zero-order valence-corrected chi connectivity index (χ0v) is 7.72. The van der Waals surface area contributed by atoms with Crippen LogP contribution in [0.25, 0.3) is 0 Å². The van der Waals surface area contributed by atoms with Gasteiger partial charge in [-0.15, -0.1) is 12.3 Å². The van der Waals surface area contributed by atoms with Crippen molar-refractivity contribution in [3.8, 4) is 12.3 Å². The Bertz CT molecular complexity index is 225. The van der Waals surface area contributed by atoms with Crippen LogP contribution in [0.15, 0.2) is 23.8 Å². The first-order chi connectivity index (χ1) is 5.83. The molecule has 0 N–H and O–H groups in total. The highest BCUT2D eigenvalue weighted by atomic mass is 14.1. The van der Waals surface area contributed by atoms with Crippen molar-refractivity contribution >= 4 is 0 Å². The van der Waals surface area contributed by atoms with Crippen LogP contribution in [-0.4, -0.2) is 0 Å². The van der Waals surface area contributed by atoms with Crippen LogP contribution in [0.2, 0.25) is 0 Å². The quantitative estimate of drug-likeness (QED) is 0.429. The fraction of sp³-hybridized carbons (Fsp3) is 0.500. The summed E-state index contributed by atoms with van der Waals surface area (Å²) in [5.41, 5.74) is 1.35. The van der Waals surface area contributed by atoms with Crippen molar-refractivity contribution in [1.29, 1.82) is 0 Å². The molecule has 1 atom stereocenters. The van der Waals surface area contributed by atoms with Gasteiger partial charge in [-0.05, 0) is 32.1 Å². The molecule has 64 valence electrons. The molecule has 0 fully saturated rings. The minimum atomic E-state index is 0.739. The van der Waals surface area contributed by atoms with Gasteiger partial charge < -0.3 is 0 Å². The first kappa shape index (κ1) is 9.13. The third-order valence-electron chi connectivity index (χ3n) is 2.21. The number of hydrogen-bond donors (Lipinski definition) is 0. The maximum Gasteiger partial charge on any atom is 0.0293 e. The first-order valence-electron chi connectivity index (χ1n) is 4.58. The van der Waals surface area contributed by atoms with Crippen molar-refractivity contribution in [2.24, 2.45) is 5.92 Å². The Labute approximate surface area is 75.4 Å². The Balaban J connectivity index is 2.44. The van der Waals surface area contributed by atoms with Gasteiger partial charge in [-0.2, -0.15) is 0 Å². The molecule has 1 aliphatic rings. The van der Waals surface area contributed by atoms with Gasteiger partial charge in [0, 0.05) is 6.42 Å². The molecule has 0 heterocycles. The summed E-state index contributed by atoms with van der Waals surface area (Å²) in [6, 6.07) is 0. The number of terminal acetylenes is 1. The molecule has 0 spiro atoms. The number of rotatable bonds is 2. The third kappa shape index (κ3) is 2.96. The molecule has 0 nitrogen and oxygen atoms in total. The van der Waals surface area contributed by atoms with Crippen molar-refractivity contribution in [2.45, 2.75) is 32.6 Å². The highest BCUT2D eigenvalue weighted by Crippen LogP contribution is 2.21. The van der Waals surface area contributed by atoms with E-state index < -0.39 is 0 Å². The predicted octanol–water partition coefficient (Wildman–Crippen LogP) is 3.31. The molecule has 0 aromatic rings. The highest BCUT2D eigenvalue weighted by molar-refractivity contribution is 5.11. The summed E-state index contributed by atoms with van der Waals surface area (Å²) >= 11 is 0. The molecule has 0 aromatic carbocycles. The summed E-state index contributed by atoms with van der Waals surface area (Å²) in [4.78, 5) is 0. The molecule has 0 radical (unpaired) electrons. The maximum absolute atomic E-state index is 5.23. The average molecular weight is 160 g/mol. The zero-order chi connectivity index (χ0) is 8.81. The summed E-state index contributed by atoms with van der Waals surface area (Å²) < 4.78 is 0. The molecule has 12 heavy (non-hydrogen) atoms. The van der Waals surface area contributed by atoms with Crippen molar-refractivity contribution in [1.82, 2.24) is 0 Å². The van der Waals surface area contributed by atoms with Gasteiger partial charge in [0.15, 0.2) is 0 Å². The van der Waals surface area contributed by atoms with Gasteiger partial charge in [0.05, 0.1) is 0 Å². The van der Waals surface area contributed by atoms with Crippen LogP contribution in [0.3, 0.4) is 0 Å². The van der Waals surface area contributed by atoms with Crippen LogP contribution in [0.5, 0.6) is 0 Å². The van der Waals surface area contributed by atoms with Crippen LogP contribution in [0, 0.1) is 18.3 Å². The van der Waals surface area contributed by atoms with E-state index in [4.69, 9.17) is 6.42 Å². The molecule has 0 aromatic heterocycles. The Hall–Kier alpha value is -0.960. The molecule has 1 aliphatic carbocycles. The summed E-state index contributed by atoms with van der Waals surface area (Å²) in [5, 5.41) is 0. The molecule has 1 unspecified atom stereocenters. The van der Waals surface area contributed by atoms with Gasteiger partial charge in [0.25, 0.3) is 0 Å². The number of hydrogen-bond acceptors (Lipinski definition) is 0.